The highest BCUT2D eigenvalue weighted by atomic mass is 79.9. The van der Waals surface area contributed by atoms with Crippen molar-refractivity contribution in [3.05, 3.63) is 82.8 Å². The second-order valence-corrected chi connectivity index (χ2v) is 7.25. The predicted molar refractivity (Wildman–Crippen MR) is 122 cm³/mol. The molecule has 2 N–H and O–H groups in total. The number of nitrogens with one attached hydrogen (secondary N) is 2. The lowest BCUT2D eigenvalue weighted by molar-refractivity contribution is 0.0974. The van der Waals surface area contributed by atoms with Crippen LogP contribution >= 0.6 is 28.1 Å². The maximum atomic E-state index is 12.6. The summed E-state index contributed by atoms with van der Waals surface area (Å²) in [6, 6.07) is 22.1. The van der Waals surface area contributed by atoms with Crippen molar-refractivity contribution in [2.45, 2.75) is 6.92 Å². The second kappa shape index (κ2) is 10.0. The first-order chi connectivity index (χ1) is 14.0. The molecule has 3 aromatic carbocycles. The summed E-state index contributed by atoms with van der Waals surface area (Å²) < 4.78 is 12.1. The zero-order valence-corrected chi connectivity index (χ0v) is 18.0. The van der Waals surface area contributed by atoms with E-state index in [1.165, 1.54) is 0 Å². The molecule has 5 nitrogen and oxygen atoms in total. The molecular weight excluding hydrogens is 452 g/mol. The van der Waals surface area contributed by atoms with Gasteiger partial charge in [0.25, 0.3) is 5.91 Å². The smallest absolute Gasteiger partial charge is 0.261 e. The number of amides is 1. The van der Waals surface area contributed by atoms with E-state index >= 15 is 0 Å². The average molecular weight is 471 g/mol. The lowest BCUT2D eigenvalue weighted by Gasteiger charge is -2.13. The molecule has 0 aliphatic rings. The standard InChI is InChI=1S/C22H19BrN2O3S/c1-2-27-20-13-8-15(23)14-19(20)21(26)25-22(29)24-16-9-11-18(12-10-16)28-17-6-4-3-5-7-17/h3-14H,2H2,1H3,(H2,24,25,26,29). The van der Waals surface area contributed by atoms with E-state index in [9.17, 15) is 4.79 Å². The van der Waals surface area contributed by atoms with Crippen LogP contribution in [-0.4, -0.2) is 17.6 Å². The molecule has 148 valence electrons. The normalized spacial score (nSPS) is 10.1. The highest BCUT2D eigenvalue weighted by Crippen LogP contribution is 2.24. The third-order valence-electron chi connectivity index (χ3n) is 3.80. The number of carbonyl (C=O) groups excluding carboxylic acids is 1. The van der Waals surface area contributed by atoms with Gasteiger partial charge in [0.1, 0.15) is 17.2 Å². The number of rotatable bonds is 6. The second-order valence-electron chi connectivity index (χ2n) is 5.92. The van der Waals surface area contributed by atoms with Gasteiger partial charge in [-0.1, -0.05) is 34.1 Å². The van der Waals surface area contributed by atoms with Crippen LogP contribution in [0, 0.1) is 0 Å². The van der Waals surface area contributed by atoms with E-state index in [0.29, 0.717) is 23.7 Å². The fourth-order valence-electron chi connectivity index (χ4n) is 2.52. The van der Waals surface area contributed by atoms with Crippen LogP contribution in [0.5, 0.6) is 17.2 Å². The molecule has 1 amide bonds. The summed E-state index contributed by atoms with van der Waals surface area (Å²) in [5.74, 6) is 1.61. The topological polar surface area (TPSA) is 59.6 Å². The van der Waals surface area contributed by atoms with E-state index < -0.39 is 0 Å². The van der Waals surface area contributed by atoms with Crippen LogP contribution in [0.3, 0.4) is 0 Å². The van der Waals surface area contributed by atoms with Crippen molar-refractivity contribution in [2.24, 2.45) is 0 Å². The first-order valence-corrected chi connectivity index (χ1v) is 10.1. The van der Waals surface area contributed by atoms with Crippen molar-refractivity contribution in [1.29, 1.82) is 0 Å². The fourth-order valence-corrected chi connectivity index (χ4v) is 3.10. The van der Waals surface area contributed by atoms with Gasteiger partial charge in [0.15, 0.2) is 5.11 Å². The van der Waals surface area contributed by atoms with Crippen LogP contribution < -0.4 is 20.1 Å². The molecule has 7 heteroatoms. The van der Waals surface area contributed by atoms with Gasteiger partial charge in [0.05, 0.1) is 12.2 Å². The summed E-state index contributed by atoms with van der Waals surface area (Å²) in [7, 11) is 0. The summed E-state index contributed by atoms with van der Waals surface area (Å²) >= 11 is 8.63. The van der Waals surface area contributed by atoms with Crippen LogP contribution in [0.2, 0.25) is 0 Å². The Bertz CT molecular complexity index is 995. The quantitative estimate of drug-likeness (QED) is 0.448. The first kappa shape index (κ1) is 20.8. The Morgan fingerprint density at radius 2 is 1.69 bits per heavy atom. The Morgan fingerprint density at radius 3 is 2.38 bits per heavy atom. The third-order valence-corrected chi connectivity index (χ3v) is 4.50. The largest absolute Gasteiger partial charge is 0.493 e. The van der Waals surface area contributed by atoms with Gasteiger partial charge in [-0.3, -0.25) is 10.1 Å². The zero-order chi connectivity index (χ0) is 20.6. The molecule has 3 aromatic rings. The lowest BCUT2D eigenvalue weighted by atomic mass is 10.2. The average Bonchev–Trinajstić information content (AvgIpc) is 2.71. The van der Waals surface area contributed by atoms with E-state index in [0.717, 1.165) is 15.9 Å². The van der Waals surface area contributed by atoms with E-state index in [2.05, 4.69) is 26.6 Å². The molecule has 0 atom stereocenters. The molecule has 0 spiro atoms. The molecule has 3 rings (SSSR count). The molecule has 0 bridgehead atoms. The summed E-state index contributed by atoms with van der Waals surface area (Å²) in [5.41, 5.74) is 1.13. The number of anilines is 1. The fraction of sp³-hybridized carbons (Fsp3) is 0.0909. The van der Waals surface area contributed by atoms with Crippen molar-refractivity contribution < 1.29 is 14.3 Å². The monoisotopic (exact) mass is 470 g/mol. The van der Waals surface area contributed by atoms with Crippen molar-refractivity contribution in [3.63, 3.8) is 0 Å². The van der Waals surface area contributed by atoms with Crippen LogP contribution in [0.15, 0.2) is 77.3 Å². The summed E-state index contributed by atoms with van der Waals surface area (Å²) in [4.78, 5) is 12.6. The number of hydrogen-bond donors (Lipinski definition) is 2. The van der Waals surface area contributed by atoms with Gasteiger partial charge in [-0.25, -0.2) is 0 Å². The van der Waals surface area contributed by atoms with Gasteiger partial charge in [-0.2, -0.15) is 0 Å². The van der Waals surface area contributed by atoms with Crippen LogP contribution in [0.4, 0.5) is 5.69 Å². The third kappa shape index (κ3) is 6.04. The minimum absolute atomic E-state index is 0.189. The SMILES string of the molecule is CCOc1ccc(Br)cc1C(=O)NC(=S)Nc1ccc(Oc2ccccc2)cc1. The number of carbonyl (C=O) groups is 1. The lowest BCUT2D eigenvalue weighted by Crippen LogP contribution is -2.34. The minimum atomic E-state index is -0.351. The molecule has 0 aliphatic heterocycles. The number of thiocarbonyl (C=S) groups is 1. The van der Waals surface area contributed by atoms with Crippen molar-refractivity contribution in [1.82, 2.24) is 5.32 Å². The molecule has 0 aliphatic carbocycles. The maximum Gasteiger partial charge on any atom is 0.261 e. The molecule has 0 unspecified atom stereocenters. The summed E-state index contributed by atoms with van der Waals surface area (Å²) in [5, 5.41) is 5.85. The Hall–Kier alpha value is -2.90. The molecule has 0 aromatic heterocycles. The molecule has 0 saturated heterocycles. The number of ether oxygens (including phenoxy) is 2. The summed E-state index contributed by atoms with van der Waals surface area (Å²) in [6.45, 7) is 2.32. The maximum absolute atomic E-state index is 12.6. The van der Waals surface area contributed by atoms with Crippen molar-refractivity contribution in [3.8, 4) is 17.2 Å². The minimum Gasteiger partial charge on any atom is -0.493 e. The van der Waals surface area contributed by atoms with Gasteiger partial charge in [-0.15, -0.1) is 0 Å². The van der Waals surface area contributed by atoms with E-state index in [1.54, 1.807) is 12.1 Å². The van der Waals surface area contributed by atoms with E-state index in [1.807, 2.05) is 67.6 Å². The van der Waals surface area contributed by atoms with E-state index in [-0.39, 0.29) is 11.0 Å². The number of hydrogen-bond acceptors (Lipinski definition) is 4. The Balaban J connectivity index is 1.60. The molecule has 0 saturated carbocycles. The van der Waals surface area contributed by atoms with E-state index in [4.69, 9.17) is 21.7 Å². The van der Waals surface area contributed by atoms with Gasteiger partial charge in [0, 0.05) is 10.2 Å². The molecule has 29 heavy (non-hydrogen) atoms. The van der Waals surface area contributed by atoms with Crippen LogP contribution in [0.1, 0.15) is 17.3 Å². The summed E-state index contributed by atoms with van der Waals surface area (Å²) in [6.07, 6.45) is 0. The Kier molecular flexibility index (Phi) is 7.21. The predicted octanol–water partition coefficient (Wildman–Crippen LogP) is 5.77. The van der Waals surface area contributed by atoms with Gasteiger partial charge in [0.2, 0.25) is 0 Å². The molecule has 0 radical (unpaired) electrons. The number of halogens is 1. The molecule has 0 heterocycles. The van der Waals surface area contributed by atoms with Crippen molar-refractivity contribution >= 4 is 44.9 Å². The zero-order valence-electron chi connectivity index (χ0n) is 15.6. The van der Waals surface area contributed by atoms with Crippen molar-refractivity contribution in [2.75, 3.05) is 11.9 Å². The first-order valence-electron chi connectivity index (χ1n) is 8.93. The Morgan fingerprint density at radius 1 is 1.00 bits per heavy atom. The highest BCUT2D eigenvalue weighted by Gasteiger charge is 2.14. The van der Waals surface area contributed by atoms with Gasteiger partial charge < -0.3 is 14.8 Å². The van der Waals surface area contributed by atoms with Crippen LogP contribution in [0.25, 0.3) is 0 Å². The highest BCUT2D eigenvalue weighted by molar-refractivity contribution is 9.10. The number of benzene rings is 3. The molecule has 0 fully saturated rings. The van der Waals surface area contributed by atoms with Gasteiger partial charge >= 0.3 is 0 Å². The Labute approximate surface area is 183 Å². The van der Waals surface area contributed by atoms with Gasteiger partial charge in [-0.05, 0) is 73.7 Å². The number of para-hydroxylation sites is 1. The molecular formula is C22H19BrN2O3S. The van der Waals surface area contributed by atoms with Crippen LogP contribution in [-0.2, 0) is 0 Å².